The number of hydrogen-bond donors (Lipinski definition) is 0. The maximum atomic E-state index is 13.5. The molecular weight excluding hydrogens is 582 g/mol. The number of aromatic nitrogens is 5. The fourth-order valence-electron chi connectivity index (χ4n) is 4.69. The van der Waals surface area contributed by atoms with Crippen LogP contribution in [-0.2, 0) is 0 Å². The molecule has 0 atom stereocenters. The molecule has 0 unspecified atom stereocenters. The largest absolute Gasteiger partial charge is 0.494 e. The van der Waals surface area contributed by atoms with Gasteiger partial charge in [-0.15, -0.1) is 5.10 Å². The fraction of sp³-hybridized carbons (Fsp3) is 0.212. The van der Waals surface area contributed by atoms with Gasteiger partial charge in [0.1, 0.15) is 17.2 Å². The standard InChI is InChI=1S/C33H30ClN5O3S/c1-3-5-9-18-42-26-15-12-22(13-16-26)31-35-33-39(37-31)32(40)29(43-33)20-24-21-38(25-10-7-6-8-11-25)36-30(24)23-14-17-28(41-4-2)27(34)19-23/h6-8,10-17,19-21H,3-5,9,18H2,1-2H3. The molecule has 43 heavy (non-hydrogen) atoms. The molecule has 0 bridgehead atoms. The van der Waals surface area contributed by atoms with Crippen molar-refractivity contribution in [3.8, 4) is 39.8 Å². The third-order valence-electron chi connectivity index (χ3n) is 6.87. The number of nitrogens with zero attached hydrogens (tertiary/aromatic N) is 5. The summed E-state index contributed by atoms with van der Waals surface area (Å²) in [6.07, 6.45) is 7.08. The van der Waals surface area contributed by atoms with Crippen LogP contribution in [0.1, 0.15) is 38.7 Å². The van der Waals surface area contributed by atoms with Crippen LogP contribution in [0.25, 0.3) is 39.4 Å². The van der Waals surface area contributed by atoms with E-state index in [1.807, 2.05) is 92.0 Å². The Morgan fingerprint density at radius 1 is 0.930 bits per heavy atom. The van der Waals surface area contributed by atoms with E-state index in [0.717, 1.165) is 47.4 Å². The second-order valence-corrected chi connectivity index (χ2v) is 11.3. The lowest BCUT2D eigenvalue weighted by atomic mass is 10.1. The molecule has 0 amide bonds. The molecule has 0 aliphatic heterocycles. The number of unbranched alkanes of at least 4 members (excludes halogenated alkanes) is 2. The van der Waals surface area contributed by atoms with Crippen LogP contribution in [-0.4, -0.2) is 37.6 Å². The van der Waals surface area contributed by atoms with Crippen molar-refractivity contribution in [1.29, 1.82) is 0 Å². The third-order valence-corrected chi connectivity index (χ3v) is 8.12. The Kier molecular flexibility index (Phi) is 8.53. The number of thiazole rings is 1. The Morgan fingerprint density at radius 2 is 1.72 bits per heavy atom. The highest BCUT2D eigenvalue weighted by atomic mass is 35.5. The van der Waals surface area contributed by atoms with Gasteiger partial charge in [0.15, 0.2) is 5.82 Å². The molecular formula is C33H30ClN5O3S. The molecule has 0 aliphatic carbocycles. The van der Waals surface area contributed by atoms with E-state index in [1.165, 1.54) is 15.9 Å². The quantitative estimate of drug-likeness (QED) is 0.149. The van der Waals surface area contributed by atoms with Gasteiger partial charge in [-0.05, 0) is 74.0 Å². The minimum absolute atomic E-state index is 0.238. The van der Waals surface area contributed by atoms with Gasteiger partial charge in [0, 0.05) is 22.9 Å². The molecule has 6 rings (SSSR count). The highest BCUT2D eigenvalue weighted by Crippen LogP contribution is 2.32. The molecule has 10 heteroatoms. The summed E-state index contributed by atoms with van der Waals surface area (Å²) < 4.78 is 15.1. The number of halogens is 1. The average Bonchev–Trinajstić information content (AvgIpc) is 3.72. The number of para-hydroxylation sites is 1. The van der Waals surface area contributed by atoms with E-state index in [1.54, 1.807) is 4.68 Å². The van der Waals surface area contributed by atoms with Crippen LogP contribution in [0.5, 0.6) is 11.5 Å². The second kappa shape index (κ2) is 12.8. The number of hydrogen-bond acceptors (Lipinski definition) is 7. The van der Waals surface area contributed by atoms with Crippen molar-refractivity contribution < 1.29 is 9.47 Å². The number of rotatable bonds is 11. The lowest BCUT2D eigenvalue weighted by molar-refractivity contribution is 0.306. The normalized spacial score (nSPS) is 11.8. The summed E-state index contributed by atoms with van der Waals surface area (Å²) in [5, 5.41) is 9.88. The molecule has 3 heterocycles. The zero-order valence-electron chi connectivity index (χ0n) is 23.9. The maximum Gasteiger partial charge on any atom is 0.291 e. The lowest BCUT2D eigenvalue weighted by Crippen LogP contribution is -2.23. The Bertz CT molecular complexity index is 1970. The monoisotopic (exact) mass is 611 g/mol. The molecule has 8 nitrogen and oxygen atoms in total. The highest BCUT2D eigenvalue weighted by molar-refractivity contribution is 7.15. The van der Waals surface area contributed by atoms with Gasteiger partial charge in [-0.25, -0.2) is 4.68 Å². The summed E-state index contributed by atoms with van der Waals surface area (Å²) in [5.41, 5.74) is 3.73. The van der Waals surface area contributed by atoms with Gasteiger partial charge >= 0.3 is 0 Å². The zero-order chi connectivity index (χ0) is 29.8. The van der Waals surface area contributed by atoms with E-state index in [2.05, 4.69) is 17.0 Å². The van der Waals surface area contributed by atoms with E-state index in [-0.39, 0.29) is 5.56 Å². The van der Waals surface area contributed by atoms with Crippen molar-refractivity contribution >= 4 is 34.0 Å². The van der Waals surface area contributed by atoms with Crippen LogP contribution >= 0.6 is 22.9 Å². The predicted molar refractivity (Wildman–Crippen MR) is 172 cm³/mol. The smallest absolute Gasteiger partial charge is 0.291 e. The molecule has 3 aromatic heterocycles. The number of benzene rings is 3. The molecule has 0 saturated carbocycles. The van der Waals surface area contributed by atoms with Gasteiger partial charge in [0.05, 0.1) is 28.5 Å². The van der Waals surface area contributed by atoms with Crippen LogP contribution < -0.4 is 19.6 Å². The van der Waals surface area contributed by atoms with Crippen LogP contribution in [0.3, 0.4) is 0 Å². The van der Waals surface area contributed by atoms with E-state index >= 15 is 0 Å². The Balaban J connectivity index is 1.34. The molecule has 3 aromatic carbocycles. The summed E-state index contributed by atoms with van der Waals surface area (Å²) in [6, 6.07) is 23.0. The van der Waals surface area contributed by atoms with Gasteiger partial charge < -0.3 is 9.47 Å². The van der Waals surface area contributed by atoms with Crippen molar-refractivity contribution in [2.24, 2.45) is 0 Å². The minimum Gasteiger partial charge on any atom is -0.494 e. The van der Waals surface area contributed by atoms with E-state index < -0.39 is 0 Å². The van der Waals surface area contributed by atoms with Crippen molar-refractivity contribution in [3.63, 3.8) is 0 Å². The van der Waals surface area contributed by atoms with E-state index in [0.29, 0.717) is 45.0 Å². The first kappa shape index (κ1) is 28.6. The van der Waals surface area contributed by atoms with E-state index in [9.17, 15) is 4.79 Å². The number of fused-ring (bicyclic) bond motifs is 1. The SMILES string of the molecule is CCCCCOc1ccc(-c2nc3sc(=Cc4cn(-c5ccccc5)nc4-c4ccc(OCC)c(Cl)c4)c(=O)n3n2)cc1. The predicted octanol–water partition coefficient (Wildman–Crippen LogP) is 6.84. The Hall–Kier alpha value is -4.47. The fourth-order valence-corrected chi connectivity index (χ4v) is 5.82. The molecule has 6 aromatic rings. The summed E-state index contributed by atoms with van der Waals surface area (Å²) in [6.45, 7) is 5.29. The maximum absolute atomic E-state index is 13.5. The topological polar surface area (TPSA) is 83.5 Å². The first-order chi connectivity index (χ1) is 21.0. The van der Waals surface area contributed by atoms with Crippen LogP contribution in [0, 0.1) is 0 Å². The van der Waals surface area contributed by atoms with Gasteiger partial charge in [-0.2, -0.15) is 14.6 Å². The molecule has 0 spiro atoms. The summed E-state index contributed by atoms with van der Waals surface area (Å²) in [7, 11) is 0. The first-order valence-corrected chi connectivity index (χ1v) is 15.5. The van der Waals surface area contributed by atoms with Gasteiger partial charge in [-0.1, -0.05) is 60.9 Å². The van der Waals surface area contributed by atoms with Crippen LogP contribution in [0.15, 0.2) is 83.8 Å². The van der Waals surface area contributed by atoms with Gasteiger partial charge in [-0.3, -0.25) is 4.79 Å². The van der Waals surface area contributed by atoms with Gasteiger partial charge in [0.25, 0.3) is 5.56 Å². The van der Waals surface area contributed by atoms with E-state index in [4.69, 9.17) is 26.2 Å². The zero-order valence-corrected chi connectivity index (χ0v) is 25.4. The van der Waals surface area contributed by atoms with Gasteiger partial charge in [0.2, 0.25) is 4.96 Å². The van der Waals surface area contributed by atoms with Crippen LogP contribution in [0.4, 0.5) is 0 Å². The van der Waals surface area contributed by atoms with Crippen LogP contribution in [0.2, 0.25) is 5.02 Å². The summed E-state index contributed by atoms with van der Waals surface area (Å²) in [5.74, 6) is 1.91. The molecule has 0 radical (unpaired) electrons. The molecule has 0 saturated heterocycles. The molecule has 218 valence electrons. The molecule has 0 fully saturated rings. The average molecular weight is 612 g/mol. The summed E-state index contributed by atoms with van der Waals surface area (Å²) in [4.78, 5) is 18.6. The minimum atomic E-state index is -0.238. The van der Waals surface area contributed by atoms with Crippen molar-refractivity contribution in [2.45, 2.75) is 33.1 Å². The number of ether oxygens (including phenoxy) is 2. The highest BCUT2D eigenvalue weighted by Gasteiger charge is 2.16. The van der Waals surface area contributed by atoms with Crippen molar-refractivity contribution in [2.75, 3.05) is 13.2 Å². The van der Waals surface area contributed by atoms with Crippen molar-refractivity contribution in [1.82, 2.24) is 24.4 Å². The Morgan fingerprint density at radius 3 is 2.44 bits per heavy atom. The molecule has 0 N–H and O–H groups in total. The lowest BCUT2D eigenvalue weighted by Gasteiger charge is -2.07. The third kappa shape index (κ3) is 6.18. The summed E-state index contributed by atoms with van der Waals surface area (Å²) >= 11 is 7.81. The first-order valence-electron chi connectivity index (χ1n) is 14.3. The Labute approximate surface area is 257 Å². The van der Waals surface area contributed by atoms with Crippen molar-refractivity contribution in [3.05, 3.63) is 104 Å². The molecule has 0 aliphatic rings. The second-order valence-electron chi connectivity index (χ2n) is 9.92.